The second kappa shape index (κ2) is 53.2. The smallest absolute Gasteiger partial charge is 0.0314 e. The van der Waals surface area contributed by atoms with E-state index < -0.39 is 0 Å². The SMILES string of the molecule is C1=CCC=C1.C1=CCC=C1.CC.CC.CC.CC.Cc1ccc(N)cc1.[CH-]=O.[CH2-]Nc1ccc(C)cc1.[Y].[Y]. The van der Waals surface area contributed by atoms with Gasteiger partial charge in [-0.1, -0.05) is 139 Å². The van der Waals surface area contributed by atoms with Gasteiger partial charge >= 0.3 is 0 Å². The van der Waals surface area contributed by atoms with Crippen molar-refractivity contribution in [2.24, 2.45) is 0 Å². The van der Waals surface area contributed by atoms with E-state index in [4.69, 9.17) is 10.5 Å². The summed E-state index contributed by atoms with van der Waals surface area (Å²) in [5.41, 5.74) is 9.83. The molecule has 0 heterocycles. The molecule has 3 N–H and O–H groups in total. The summed E-state index contributed by atoms with van der Waals surface area (Å²) in [4.78, 5) is 7.75. The predicted octanol–water partition coefficient (Wildman–Crippen LogP) is 10.6. The molecule has 2 aliphatic carbocycles. The molecule has 0 atom stereocenters. The van der Waals surface area contributed by atoms with Crippen LogP contribution < -0.4 is 11.1 Å². The molecule has 2 aliphatic rings. The number of hydrogen-bond acceptors (Lipinski definition) is 3. The minimum Gasteiger partial charge on any atom is -0.545 e. The molecule has 0 saturated heterocycles. The van der Waals surface area contributed by atoms with E-state index >= 15 is 0 Å². The molecule has 2 radical (unpaired) electrons. The molecule has 0 aliphatic heterocycles. The fourth-order valence-corrected chi connectivity index (χ4v) is 2.02. The van der Waals surface area contributed by atoms with Crippen LogP contribution in [0.15, 0.2) is 97.1 Å². The first-order valence-electron chi connectivity index (χ1n) is 13.4. The van der Waals surface area contributed by atoms with Crippen LogP contribution in [0.4, 0.5) is 11.4 Å². The van der Waals surface area contributed by atoms with E-state index in [1.165, 1.54) is 11.1 Å². The van der Waals surface area contributed by atoms with Crippen LogP contribution in [0.3, 0.4) is 0 Å². The number of nitrogen functional groups attached to an aromatic ring is 1. The number of anilines is 2. The normalized spacial score (nSPS) is 9.21. The van der Waals surface area contributed by atoms with Crippen LogP contribution in [-0.4, -0.2) is 6.79 Å². The average Bonchev–Trinajstić information content (AvgIpc) is 3.77. The standard InChI is InChI=1S/C8H10N.C7H9N.2C5H6.4C2H6.CHO.2Y/c1-7-3-5-8(9-2)6-4-7;1-6-2-4-7(8)5-3-6;2*1-2-4-5-3-1;5*1-2;;/h3-6,9H,2H2,1H3;2-5H,8H2,1H3;2*1-4H,5H2;4*1-2H3;1H;;/q-1;;;;;;;;-1;;. The maximum atomic E-state index is 7.75. The van der Waals surface area contributed by atoms with Gasteiger partial charge < -0.3 is 15.8 Å². The number of rotatable bonds is 1. The summed E-state index contributed by atoms with van der Waals surface area (Å²) < 4.78 is 0. The van der Waals surface area contributed by atoms with Crippen LogP contribution in [0.2, 0.25) is 0 Å². The molecule has 0 fully saturated rings. The van der Waals surface area contributed by atoms with Gasteiger partial charge in [-0.2, -0.15) is 0 Å². The molecule has 4 rings (SSSR count). The van der Waals surface area contributed by atoms with Crippen LogP contribution in [-0.2, 0) is 70.2 Å². The zero-order valence-electron chi connectivity index (χ0n) is 26.6. The molecule has 0 aromatic heterocycles. The minimum absolute atomic E-state index is 0. The van der Waals surface area contributed by atoms with Crippen molar-refractivity contribution in [3.05, 3.63) is 115 Å². The molecule has 0 unspecified atom stereocenters. The summed E-state index contributed by atoms with van der Waals surface area (Å²) in [6.45, 7) is 23.4. The van der Waals surface area contributed by atoms with Gasteiger partial charge in [0.2, 0.25) is 0 Å². The molecular weight excluding hydrogens is 630 g/mol. The third-order valence-corrected chi connectivity index (χ3v) is 3.64. The predicted molar refractivity (Wildman–Crippen MR) is 174 cm³/mol. The summed E-state index contributed by atoms with van der Waals surface area (Å²) in [6, 6.07) is 15.9. The average molecular weight is 687 g/mol. The van der Waals surface area contributed by atoms with Gasteiger partial charge in [-0.15, -0.1) is 0 Å². The Morgan fingerprint density at radius 3 is 1.03 bits per heavy atom. The first-order chi connectivity index (χ1) is 18.1. The number of nitrogens with one attached hydrogen (secondary N) is 1. The van der Waals surface area contributed by atoms with Gasteiger partial charge in [0.05, 0.1) is 0 Å². The summed E-state index contributed by atoms with van der Waals surface area (Å²) in [6.07, 6.45) is 19.0. The second-order valence-corrected chi connectivity index (χ2v) is 6.14. The van der Waals surface area contributed by atoms with Gasteiger partial charge in [0.25, 0.3) is 0 Å². The van der Waals surface area contributed by atoms with Gasteiger partial charge in [0.15, 0.2) is 0 Å². The van der Waals surface area contributed by atoms with E-state index in [0.717, 1.165) is 24.2 Å². The topological polar surface area (TPSA) is 55.1 Å². The van der Waals surface area contributed by atoms with Crippen molar-refractivity contribution >= 4 is 18.2 Å². The van der Waals surface area contributed by atoms with Crippen molar-refractivity contribution in [3.8, 4) is 0 Å². The zero-order valence-corrected chi connectivity index (χ0v) is 32.3. The van der Waals surface area contributed by atoms with Gasteiger partial charge in [-0.25, -0.2) is 0 Å². The number of nitrogens with two attached hydrogens (primary N) is 1. The molecule has 0 amide bonds. The van der Waals surface area contributed by atoms with E-state index in [-0.39, 0.29) is 65.4 Å². The van der Waals surface area contributed by atoms with Crippen LogP contribution in [0, 0.1) is 20.9 Å². The molecule has 2 aromatic carbocycles. The van der Waals surface area contributed by atoms with Crippen LogP contribution in [0.1, 0.15) is 79.4 Å². The Labute approximate surface area is 294 Å². The van der Waals surface area contributed by atoms with Crippen molar-refractivity contribution < 1.29 is 70.2 Å². The van der Waals surface area contributed by atoms with E-state index in [1.54, 1.807) is 0 Å². The van der Waals surface area contributed by atoms with Crippen molar-refractivity contribution in [2.45, 2.75) is 82.1 Å². The molecule has 0 saturated carbocycles. The maximum Gasteiger partial charge on any atom is 0.0314 e. The van der Waals surface area contributed by atoms with Gasteiger partial charge in [-0.3, -0.25) is 13.8 Å². The molecule has 216 valence electrons. The molecule has 0 spiro atoms. The van der Waals surface area contributed by atoms with Crippen molar-refractivity contribution in [1.29, 1.82) is 0 Å². The maximum absolute atomic E-state index is 7.75. The van der Waals surface area contributed by atoms with Crippen LogP contribution in [0.5, 0.6) is 0 Å². The Morgan fingerprint density at radius 2 is 0.846 bits per heavy atom. The summed E-state index contributed by atoms with van der Waals surface area (Å²) in [5, 5.41) is 2.80. The Kier molecular flexibility index (Phi) is 73.7. The Hall–Kier alpha value is -1.12. The monoisotopic (exact) mass is 686 g/mol. The van der Waals surface area contributed by atoms with Crippen molar-refractivity contribution in [1.82, 2.24) is 0 Å². The van der Waals surface area contributed by atoms with Gasteiger partial charge in [0.1, 0.15) is 0 Å². The quantitative estimate of drug-likeness (QED) is 0.178. The molecular formula is C34H56N2OY2-2. The first-order valence-corrected chi connectivity index (χ1v) is 13.4. The van der Waals surface area contributed by atoms with Crippen molar-refractivity contribution in [2.75, 3.05) is 11.1 Å². The molecule has 3 nitrogen and oxygen atoms in total. The summed E-state index contributed by atoms with van der Waals surface area (Å²) in [7, 11) is 3.54. The fourth-order valence-electron chi connectivity index (χ4n) is 2.02. The molecule has 0 bridgehead atoms. The fraction of sp³-hybridized carbons (Fsp3) is 0.353. The van der Waals surface area contributed by atoms with Crippen LogP contribution in [0.25, 0.3) is 0 Å². The number of allylic oxidation sites excluding steroid dienone is 8. The van der Waals surface area contributed by atoms with E-state index in [9.17, 15) is 0 Å². The number of aryl methyl sites for hydroxylation is 2. The Morgan fingerprint density at radius 1 is 0.590 bits per heavy atom. The third-order valence-electron chi connectivity index (χ3n) is 3.64. The molecule has 5 heteroatoms. The zero-order chi connectivity index (χ0) is 29.7. The number of hydrogen-bond donors (Lipinski definition) is 2. The second-order valence-electron chi connectivity index (χ2n) is 6.14. The van der Waals surface area contributed by atoms with Gasteiger partial charge in [-0.05, 0) is 51.0 Å². The van der Waals surface area contributed by atoms with Crippen LogP contribution >= 0.6 is 0 Å². The molecule has 39 heavy (non-hydrogen) atoms. The first kappa shape index (κ1) is 54.0. The van der Waals surface area contributed by atoms with Gasteiger partial charge in [0, 0.05) is 76.8 Å². The number of carbonyl (C=O) groups excluding carboxylic acids is 1. The third kappa shape index (κ3) is 47.1. The molecule has 2 aromatic rings. The Balaban J connectivity index is -0.0000000632. The minimum atomic E-state index is 0. The number of benzene rings is 2. The van der Waals surface area contributed by atoms with E-state index in [0.29, 0.717) is 0 Å². The Bertz CT molecular complexity index is 704. The van der Waals surface area contributed by atoms with E-state index in [2.05, 4.69) is 74.7 Å². The van der Waals surface area contributed by atoms with E-state index in [1.807, 2.05) is 111 Å². The largest absolute Gasteiger partial charge is 0.545 e. The van der Waals surface area contributed by atoms with Crippen molar-refractivity contribution in [3.63, 3.8) is 0 Å². The summed E-state index contributed by atoms with van der Waals surface area (Å²) in [5.74, 6) is 0. The summed E-state index contributed by atoms with van der Waals surface area (Å²) >= 11 is 0.